The van der Waals surface area contributed by atoms with Gasteiger partial charge in [-0.1, -0.05) is 45.4 Å². The summed E-state index contributed by atoms with van der Waals surface area (Å²) in [5, 5.41) is 19.1. The van der Waals surface area contributed by atoms with Crippen LogP contribution in [0.1, 0.15) is 43.7 Å². The Morgan fingerprint density at radius 3 is 1.95 bits per heavy atom. The lowest BCUT2D eigenvalue weighted by Crippen LogP contribution is -2.03. The van der Waals surface area contributed by atoms with Crippen molar-refractivity contribution in [2.24, 2.45) is 0 Å². The first-order valence-electron chi connectivity index (χ1n) is 7.06. The van der Waals surface area contributed by atoms with Crippen molar-refractivity contribution >= 4 is 17.5 Å². The van der Waals surface area contributed by atoms with E-state index in [1.807, 2.05) is 58.9 Å². The molecule has 0 radical (unpaired) electrons. The first kappa shape index (κ1) is 18.6. The molecule has 5 nitrogen and oxygen atoms in total. The van der Waals surface area contributed by atoms with E-state index >= 15 is 0 Å². The fraction of sp³-hybridized carbons (Fsp3) is 0.312. The monoisotopic (exact) mass is 289 g/mol. The van der Waals surface area contributed by atoms with Crippen LogP contribution in [-0.4, -0.2) is 21.3 Å². The average Bonchev–Trinajstić information content (AvgIpc) is 2.54. The highest BCUT2D eigenvalue weighted by Gasteiger charge is 2.04. The van der Waals surface area contributed by atoms with Crippen molar-refractivity contribution in [3.63, 3.8) is 0 Å². The Balaban J connectivity index is 0.000000921. The van der Waals surface area contributed by atoms with Crippen LogP contribution < -0.4 is 5.32 Å². The Morgan fingerprint density at radius 2 is 1.52 bits per heavy atom. The molecule has 0 bridgehead atoms. The van der Waals surface area contributed by atoms with E-state index < -0.39 is 5.97 Å². The van der Waals surface area contributed by atoms with Crippen LogP contribution in [0.4, 0.5) is 11.5 Å². The van der Waals surface area contributed by atoms with Crippen LogP contribution in [0.15, 0.2) is 36.4 Å². The van der Waals surface area contributed by atoms with Crippen LogP contribution >= 0.6 is 0 Å². The van der Waals surface area contributed by atoms with E-state index in [9.17, 15) is 4.79 Å². The minimum absolute atomic E-state index is 0.0699. The van der Waals surface area contributed by atoms with Crippen LogP contribution in [0.25, 0.3) is 0 Å². The van der Waals surface area contributed by atoms with Crippen molar-refractivity contribution in [1.82, 2.24) is 10.2 Å². The van der Waals surface area contributed by atoms with Gasteiger partial charge in [-0.25, -0.2) is 4.79 Å². The number of carboxylic acid groups (broad SMARTS) is 1. The molecule has 0 atom stereocenters. The minimum Gasteiger partial charge on any atom is -0.476 e. The van der Waals surface area contributed by atoms with E-state index in [4.69, 9.17) is 5.11 Å². The molecule has 1 aromatic carbocycles. The van der Waals surface area contributed by atoms with Crippen molar-refractivity contribution in [2.45, 2.75) is 34.6 Å². The third-order valence-electron chi connectivity index (χ3n) is 2.21. The van der Waals surface area contributed by atoms with Crippen LogP contribution in [0.2, 0.25) is 0 Å². The predicted molar refractivity (Wildman–Crippen MR) is 86.1 cm³/mol. The zero-order chi connectivity index (χ0) is 16.3. The van der Waals surface area contributed by atoms with Crippen LogP contribution in [0.5, 0.6) is 0 Å². The maximum Gasteiger partial charge on any atom is 0.356 e. The second kappa shape index (κ2) is 10.4. The Kier molecular flexibility index (Phi) is 9.17. The summed E-state index contributed by atoms with van der Waals surface area (Å²) in [6.45, 7) is 10.0. The molecular weight excluding hydrogens is 266 g/mol. The number of benzene rings is 1. The first-order chi connectivity index (χ1) is 10.1. The molecule has 0 saturated carbocycles. The maximum absolute atomic E-state index is 10.6. The molecular formula is C16H23N3O2. The smallest absolute Gasteiger partial charge is 0.356 e. The summed E-state index contributed by atoms with van der Waals surface area (Å²) in [5.74, 6) is -0.571. The summed E-state index contributed by atoms with van der Waals surface area (Å²) >= 11 is 0. The molecule has 0 aliphatic rings. The first-order valence-corrected chi connectivity index (χ1v) is 7.06. The standard InChI is InChI=1S/C12H11N3O2.2C2H6/c1-8-2-4-9(5-3-8)13-11-7-6-10(12(16)17)14-15-11;2*1-2/h2-7H,1H3,(H,13,15)(H,16,17);2*1-2H3. The molecule has 0 amide bonds. The van der Waals surface area contributed by atoms with E-state index in [2.05, 4.69) is 15.5 Å². The number of nitrogens with one attached hydrogen (secondary N) is 1. The number of nitrogens with zero attached hydrogens (tertiary/aromatic N) is 2. The third-order valence-corrected chi connectivity index (χ3v) is 2.21. The molecule has 0 unspecified atom stereocenters. The van der Waals surface area contributed by atoms with E-state index in [0.29, 0.717) is 5.82 Å². The van der Waals surface area contributed by atoms with E-state index in [0.717, 1.165) is 5.69 Å². The molecule has 21 heavy (non-hydrogen) atoms. The fourth-order valence-electron chi connectivity index (χ4n) is 1.30. The molecule has 2 rings (SSSR count). The summed E-state index contributed by atoms with van der Waals surface area (Å²) < 4.78 is 0. The van der Waals surface area contributed by atoms with Crippen molar-refractivity contribution < 1.29 is 9.90 Å². The van der Waals surface area contributed by atoms with Gasteiger partial charge in [-0.05, 0) is 31.2 Å². The van der Waals surface area contributed by atoms with Gasteiger partial charge in [-0.15, -0.1) is 10.2 Å². The molecule has 1 aromatic heterocycles. The highest BCUT2D eigenvalue weighted by molar-refractivity contribution is 5.85. The zero-order valence-electron chi connectivity index (χ0n) is 13.2. The van der Waals surface area contributed by atoms with Gasteiger partial charge in [0.25, 0.3) is 0 Å². The van der Waals surface area contributed by atoms with Gasteiger partial charge in [0.1, 0.15) is 0 Å². The third kappa shape index (κ3) is 6.51. The number of rotatable bonds is 3. The van der Waals surface area contributed by atoms with Crippen molar-refractivity contribution in [1.29, 1.82) is 0 Å². The second-order valence-corrected chi connectivity index (χ2v) is 3.60. The largest absolute Gasteiger partial charge is 0.476 e. The summed E-state index contributed by atoms with van der Waals surface area (Å²) in [6, 6.07) is 10.8. The number of hydrogen-bond acceptors (Lipinski definition) is 4. The van der Waals surface area contributed by atoms with E-state index in [1.165, 1.54) is 11.6 Å². The normalized spacial score (nSPS) is 8.62. The lowest BCUT2D eigenvalue weighted by Gasteiger charge is -2.04. The molecule has 0 aliphatic carbocycles. The SMILES string of the molecule is CC.CC.Cc1ccc(Nc2ccc(C(=O)O)nn2)cc1. The number of aryl methyl sites for hydroxylation is 1. The number of aromatic nitrogens is 2. The average molecular weight is 289 g/mol. The Morgan fingerprint density at radius 1 is 0.952 bits per heavy atom. The lowest BCUT2D eigenvalue weighted by molar-refractivity contribution is 0.0689. The number of carbonyl (C=O) groups is 1. The number of hydrogen-bond donors (Lipinski definition) is 2. The molecule has 0 spiro atoms. The molecule has 0 fully saturated rings. The molecule has 0 aliphatic heterocycles. The van der Waals surface area contributed by atoms with Crippen molar-refractivity contribution in [3.8, 4) is 0 Å². The second-order valence-electron chi connectivity index (χ2n) is 3.60. The van der Waals surface area contributed by atoms with E-state index in [-0.39, 0.29) is 5.69 Å². The molecule has 114 valence electrons. The number of carboxylic acids is 1. The summed E-state index contributed by atoms with van der Waals surface area (Å²) in [5.41, 5.74) is 1.98. The summed E-state index contributed by atoms with van der Waals surface area (Å²) in [4.78, 5) is 10.6. The van der Waals surface area contributed by atoms with Gasteiger partial charge in [-0.2, -0.15) is 0 Å². The Bertz CT molecular complexity index is 522. The van der Waals surface area contributed by atoms with Crippen molar-refractivity contribution in [2.75, 3.05) is 5.32 Å². The van der Waals surface area contributed by atoms with Gasteiger partial charge in [0.2, 0.25) is 0 Å². The predicted octanol–water partition coefficient (Wildman–Crippen LogP) is 4.28. The topological polar surface area (TPSA) is 75.1 Å². The van der Waals surface area contributed by atoms with Crippen LogP contribution in [-0.2, 0) is 0 Å². The fourth-order valence-corrected chi connectivity index (χ4v) is 1.30. The molecule has 2 aromatic rings. The van der Waals surface area contributed by atoms with Gasteiger partial charge < -0.3 is 10.4 Å². The van der Waals surface area contributed by atoms with Crippen molar-refractivity contribution in [3.05, 3.63) is 47.7 Å². The minimum atomic E-state index is -1.08. The van der Waals surface area contributed by atoms with Gasteiger partial charge in [0, 0.05) is 5.69 Å². The van der Waals surface area contributed by atoms with Gasteiger partial charge in [0.15, 0.2) is 11.5 Å². The maximum atomic E-state index is 10.6. The molecule has 1 heterocycles. The quantitative estimate of drug-likeness (QED) is 0.882. The molecule has 5 heteroatoms. The molecule has 0 saturated heterocycles. The van der Waals surface area contributed by atoms with Gasteiger partial charge in [-0.3, -0.25) is 0 Å². The van der Waals surface area contributed by atoms with Gasteiger partial charge >= 0.3 is 5.97 Å². The molecule has 2 N–H and O–H groups in total. The zero-order valence-corrected chi connectivity index (χ0v) is 13.2. The van der Waals surface area contributed by atoms with Gasteiger partial charge in [0.05, 0.1) is 0 Å². The van der Waals surface area contributed by atoms with E-state index in [1.54, 1.807) is 6.07 Å². The number of aromatic carboxylic acids is 1. The summed E-state index contributed by atoms with van der Waals surface area (Å²) in [7, 11) is 0. The Hall–Kier alpha value is -2.43. The highest BCUT2D eigenvalue weighted by atomic mass is 16.4. The Labute approximate surface area is 126 Å². The number of anilines is 2. The summed E-state index contributed by atoms with van der Waals surface area (Å²) in [6.07, 6.45) is 0. The lowest BCUT2D eigenvalue weighted by atomic mass is 10.2. The van der Waals surface area contributed by atoms with Crippen LogP contribution in [0, 0.1) is 6.92 Å². The highest BCUT2D eigenvalue weighted by Crippen LogP contribution is 2.14. The van der Waals surface area contributed by atoms with Crippen LogP contribution in [0.3, 0.4) is 0 Å².